The van der Waals surface area contributed by atoms with E-state index in [1.807, 2.05) is 12.1 Å². The maximum Gasteiger partial charge on any atom is 0.228 e. The molecule has 1 aromatic rings. The predicted molar refractivity (Wildman–Crippen MR) is 99.1 cm³/mol. The van der Waals surface area contributed by atoms with Crippen molar-refractivity contribution in [3.8, 4) is 5.75 Å². The summed E-state index contributed by atoms with van der Waals surface area (Å²) >= 11 is 0. The Hall–Kier alpha value is -1.34. The van der Waals surface area contributed by atoms with Gasteiger partial charge in [0.15, 0.2) is 0 Å². The average Bonchev–Trinajstić information content (AvgIpc) is 2.54. The molecule has 2 rings (SSSR count). The molecule has 0 spiro atoms. The molecule has 1 aliphatic rings. The van der Waals surface area contributed by atoms with Gasteiger partial charge in [-0.1, -0.05) is 0 Å². The molecule has 1 fully saturated rings. The van der Waals surface area contributed by atoms with Gasteiger partial charge < -0.3 is 10.1 Å². The SMILES string of the molecule is CC(C)(C)S(=O)(=O)NC1CCC(CNc2ccc(OCF)cc2)CC1. The van der Waals surface area contributed by atoms with Gasteiger partial charge in [-0.3, -0.25) is 0 Å². The number of sulfonamides is 1. The summed E-state index contributed by atoms with van der Waals surface area (Å²) in [5.74, 6) is 1.04. The maximum atomic E-state index is 12.2. The third-order valence-electron chi connectivity index (χ3n) is 4.65. The summed E-state index contributed by atoms with van der Waals surface area (Å²) in [6.07, 6.45) is 3.72. The van der Waals surface area contributed by atoms with Crippen molar-refractivity contribution in [3.05, 3.63) is 24.3 Å². The summed E-state index contributed by atoms with van der Waals surface area (Å²) in [7, 11) is -3.28. The quantitative estimate of drug-likeness (QED) is 0.766. The number of nitrogens with one attached hydrogen (secondary N) is 2. The van der Waals surface area contributed by atoms with Gasteiger partial charge in [-0.15, -0.1) is 0 Å². The molecular weight excluding hydrogens is 343 g/mol. The van der Waals surface area contributed by atoms with Gasteiger partial charge in [-0.2, -0.15) is 0 Å². The van der Waals surface area contributed by atoms with E-state index >= 15 is 0 Å². The fourth-order valence-corrected chi connectivity index (χ4v) is 3.90. The molecule has 1 aliphatic carbocycles. The lowest BCUT2D eigenvalue weighted by atomic mass is 9.86. The van der Waals surface area contributed by atoms with Crippen molar-refractivity contribution in [2.24, 2.45) is 5.92 Å². The van der Waals surface area contributed by atoms with Crippen LogP contribution in [0, 0.1) is 5.92 Å². The molecule has 0 aliphatic heterocycles. The summed E-state index contributed by atoms with van der Waals surface area (Å²) in [4.78, 5) is 0. The number of rotatable bonds is 7. The molecule has 0 unspecified atom stereocenters. The molecule has 0 heterocycles. The van der Waals surface area contributed by atoms with Crippen LogP contribution < -0.4 is 14.8 Å². The van der Waals surface area contributed by atoms with Crippen molar-refractivity contribution in [3.63, 3.8) is 0 Å². The highest BCUT2D eigenvalue weighted by Gasteiger charge is 2.32. The highest BCUT2D eigenvalue weighted by molar-refractivity contribution is 7.90. The van der Waals surface area contributed by atoms with Crippen LogP contribution in [0.3, 0.4) is 0 Å². The Bertz CT molecular complexity index is 633. The normalized spacial score (nSPS) is 21.8. The number of ether oxygens (including phenoxy) is 1. The molecule has 1 aromatic carbocycles. The number of alkyl halides is 1. The lowest BCUT2D eigenvalue weighted by Crippen LogP contribution is -2.46. The van der Waals surface area contributed by atoms with E-state index in [-0.39, 0.29) is 6.04 Å². The van der Waals surface area contributed by atoms with E-state index < -0.39 is 21.6 Å². The molecule has 0 atom stereocenters. The topological polar surface area (TPSA) is 67.4 Å². The maximum absolute atomic E-state index is 12.2. The van der Waals surface area contributed by atoms with Crippen molar-refractivity contribution >= 4 is 15.7 Å². The first-order chi connectivity index (χ1) is 11.7. The standard InChI is InChI=1S/C18H29FN2O3S/c1-18(2,3)25(22,23)21-16-6-4-14(5-7-16)12-20-15-8-10-17(11-9-15)24-13-19/h8-11,14,16,20-21H,4-7,12-13H2,1-3H3. The number of hydrogen-bond acceptors (Lipinski definition) is 4. The molecule has 2 N–H and O–H groups in total. The molecule has 1 saturated carbocycles. The van der Waals surface area contributed by atoms with Gasteiger partial charge in [0, 0.05) is 18.3 Å². The molecule has 7 heteroatoms. The Labute approximate surface area is 150 Å². The summed E-state index contributed by atoms with van der Waals surface area (Å²) in [5.41, 5.74) is 0.974. The Kier molecular flexibility index (Phi) is 6.68. The van der Waals surface area contributed by atoms with Gasteiger partial charge >= 0.3 is 0 Å². The van der Waals surface area contributed by atoms with Crippen LogP contribution in [0.2, 0.25) is 0 Å². The largest absolute Gasteiger partial charge is 0.463 e. The Morgan fingerprint density at radius 2 is 1.72 bits per heavy atom. The zero-order chi connectivity index (χ0) is 18.5. The van der Waals surface area contributed by atoms with Gasteiger partial charge in [0.2, 0.25) is 16.9 Å². The van der Waals surface area contributed by atoms with E-state index in [1.54, 1.807) is 32.9 Å². The van der Waals surface area contributed by atoms with E-state index in [2.05, 4.69) is 10.0 Å². The van der Waals surface area contributed by atoms with Gasteiger partial charge in [0.25, 0.3) is 0 Å². The van der Waals surface area contributed by atoms with E-state index in [0.29, 0.717) is 11.7 Å². The summed E-state index contributed by atoms with van der Waals surface area (Å²) in [6.45, 7) is 5.18. The van der Waals surface area contributed by atoms with E-state index in [9.17, 15) is 12.8 Å². The zero-order valence-corrected chi connectivity index (χ0v) is 16.0. The van der Waals surface area contributed by atoms with E-state index in [4.69, 9.17) is 4.74 Å². The highest BCUT2D eigenvalue weighted by Crippen LogP contribution is 2.27. The molecule has 0 amide bonds. The first-order valence-corrected chi connectivity index (χ1v) is 10.2. The third-order valence-corrected chi connectivity index (χ3v) is 6.90. The minimum absolute atomic E-state index is 0.0395. The second-order valence-electron chi connectivity index (χ2n) is 7.61. The molecule has 0 aromatic heterocycles. The molecule has 142 valence electrons. The summed E-state index contributed by atoms with van der Waals surface area (Å²) in [6, 6.07) is 7.25. The lowest BCUT2D eigenvalue weighted by molar-refractivity contribution is 0.192. The van der Waals surface area contributed by atoms with Gasteiger partial charge in [-0.25, -0.2) is 17.5 Å². The van der Waals surface area contributed by atoms with Gasteiger partial charge in [-0.05, 0) is 76.6 Å². The van der Waals surface area contributed by atoms with Crippen LogP contribution >= 0.6 is 0 Å². The molecular formula is C18H29FN2O3S. The summed E-state index contributed by atoms with van der Waals surface area (Å²) in [5, 5.41) is 3.38. The molecule has 5 nitrogen and oxygen atoms in total. The number of anilines is 1. The molecule has 0 radical (unpaired) electrons. The van der Waals surface area contributed by atoms with Crippen LogP contribution in [0.1, 0.15) is 46.5 Å². The van der Waals surface area contributed by atoms with Crippen LogP contribution in [-0.4, -0.2) is 32.6 Å². The van der Waals surface area contributed by atoms with Crippen molar-refractivity contribution in [2.75, 3.05) is 18.7 Å². The van der Waals surface area contributed by atoms with E-state index in [1.165, 1.54) is 0 Å². The third kappa shape index (κ3) is 5.85. The van der Waals surface area contributed by atoms with Gasteiger partial charge in [0.1, 0.15) is 5.75 Å². The molecule has 0 saturated heterocycles. The molecule has 25 heavy (non-hydrogen) atoms. The lowest BCUT2D eigenvalue weighted by Gasteiger charge is -2.31. The minimum atomic E-state index is -3.28. The second kappa shape index (κ2) is 8.36. The first-order valence-electron chi connectivity index (χ1n) is 8.76. The van der Waals surface area contributed by atoms with Crippen molar-refractivity contribution in [1.29, 1.82) is 0 Å². The summed E-state index contributed by atoms with van der Waals surface area (Å²) < 4.78 is 43.4. The minimum Gasteiger partial charge on any atom is -0.463 e. The van der Waals surface area contributed by atoms with Crippen molar-refractivity contribution in [1.82, 2.24) is 4.72 Å². The predicted octanol–water partition coefficient (Wildman–Crippen LogP) is 3.68. The van der Waals surface area contributed by atoms with Crippen LogP contribution in [-0.2, 0) is 10.0 Å². The highest BCUT2D eigenvalue weighted by atomic mass is 32.2. The van der Waals surface area contributed by atoms with Crippen LogP contribution in [0.15, 0.2) is 24.3 Å². The van der Waals surface area contributed by atoms with Crippen molar-refractivity contribution < 1.29 is 17.5 Å². The monoisotopic (exact) mass is 372 g/mol. The number of halogens is 1. The molecule has 0 bridgehead atoms. The average molecular weight is 373 g/mol. The number of benzene rings is 1. The fourth-order valence-electron chi connectivity index (χ4n) is 2.87. The number of hydrogen-bond donors (Lipinski definition) is 2. The van der Waals surface area contributed by atoms with E-state index in [0.717, 1.165) is 37.9 Å². The smallest absolute Gasteiger partial charge is 0.228 e. The first kappa shape index (κ1) is 20.0. The van der Waals surface area contributed by atoms with Crippen LogP contribution in [0.5, 0.6) is 5.75 Å². The second-order valence-corrected chi connectivity index (χ2v) is 10.1. The van der Waals surface area contributed by atoms with Crippen LogP contribution in [0.25, 0.3) is 0 Å². The van der Waals surface area contributed by atoms with Crippen molar-refractivity contribution in [2.45, 2.75) is 57.2 Å². The fraction of sp³-hybridized carbons (Fsp3) is 0.667. The Morgan fingerprint density at radius 3 is 2.24 bits per heavy atom. The van der Waals surface area contributed by atoms with Crippen LogP contribution in [0.4, 0.5) is 10.1 Å². The zero-order valence-electron chi connectivity index (χ0n) is 15.2. The van der Waals surface area contributed by atoms with Gasteiger partial charge in [0.05, 0.1) is 4.75 Å². The Morgan fingerprint density at radius 1 is 1.12 bits per heavy atom. The Balaban J connectivity index is 1.75.